The maximum atomic E-state index is 6.07. The first-order valence-electron chi connectivity index (χ1n) is 6.74. The summed E-state index contributed by atoms with van der Waals surface area (Å²) in [5.74, 6) is 1.24. The Morgan fingerprint density at radius 2 is 2.05 bits per heavy atom. The molecular weight excluding hydrogens is 258 g/mol. The van der Waals surface area contributed by atoms with Gasteiger partial charge in [0.2, 0.25) is 0 Å². The zero-order valence-corrected chi connectivity index (χ0v) is 12.8. The summed E-state index contributed by atoms with van der Waals surface area (Å²) in [4.78, 5) is 11.4. The highest BCUT2D eigenvalue weighted by atomic mass is 32.1. The van der Waals surface area contributed by atoms with Crippen LogP contribution in [0.1, 0.15) is 44.8 Å². The minimum atomic E-state index is -0.465. The van der Waals surface area contributed by atoms with Gasteiger partial charge in [-0.3, -0.25) is 0 Å². The molecule has 1 atom stereocenters. The lowest BCUT2D eigenvalue weighted by molar-refractivity contribution is -0.0386. The van der Waals surface area contributed by atoms with Gasteiger partial charge in [-0.25, -0.2) is 9.97 Å². The van der Waals surface area contributed by atoms with Crippen molar-refractivity contribution < 1.29 is 4.74 Å². The van der Waals surface area contributed by atoms with Gasteiger partial charge in [-0.15, -0.1) is 11.3 Å². The van der Waals surface area contributed by atoms with Crippen molar-refractivity contribution in [2.75, 3.05) is 12.3 Å². The Morgan fingerprint density at radius 3 is 2.63 bits per heavy atom. The van der Waals surface area contributed by atoms with Crippen LogP contribution in [0.15, 0.2) is 6.07 Å². The van der Waals surface area contributed by atoms with Crippen molar-refractivity contribution in [1.29, 1.82) is 0 Å². The Kier molecular flexibility index (Phi) is 4.06. The first kappa shape index (κ1) is 14.2. The molecule has 4 nitrogen and oxygen atoms in total. The molecule has 0 radical (unpaired) electrons. The second kappa shape index (κ2) is 5.43. The maximum Gasteiger partial charge on any atom is 0.163 e. The van der Waals surface area contributed by atoms with E-state index in [1.165, 1.54) is 4.88 Å². The molecule has 0 saturated heterocycles. The molecule has 2 rings (SSSR count). The van der Waals surface area contributed by atoms with E-state index in [0.717, 1.165) is 23.1 Å². The van der Waals surface area contributed by atoms with Gasteiger partial charge >= 0.3 is 0 Å². The predicted molar refractivity (Wildman–Crippen MR) is 80.5 cm³/mol. The monoisotopic (exact) mass is 279 g/mol. The van der Waals surface area contributed by atoms with Crippen LogP contribution in [-0.4, -0.2) is 16.6 Å². The van der Waals surface area contributed by atoms with E-state index in [9.17, 15) is 0 Å². The molecule has 0 fully saturated rings. The standard InChI is InChI=1S/C14H21N3OS/c1-5-9-8-10-11(15)16-13(17-12(10)19-9)14(4,6-2)18-7-3/h8H,5-7H2,1-4H3,(H2,15,16,17). The van der Waals surface area contributed by atoms with Crippen LogP contribution in [0.4, 0.5) is 5.82 Å². The average Bonchev–Trinajstić information content (AvgIpc) is 2.82. The third kappa shape index (κ3) is 2.58. The quantitative estimate of drug-likeness (QED) is 0.910. The Bertz CT molecular complexity index is 581. The zero-order chi connectivity index (χ0) is 14.0. The van der Waals surface area contributed by atoms with Crippen molar-refractivity contribution in [2.45, 2.75) is 46.1 Å². The molecule has 104 valence electrons. The summed E-state index contributed by atoms with van der Waals surface area (Å²) in [6.07, 6.45) is 1.81. The summed E-state index contributed by atoms with van der Waals surface area (Å²) in [6.45, 7) is 8.84. The first-order chi connectivity index (χ1) is 9.04. The topological polar surface area (TPSA) is 61.0 Å². The van der Waals surface area contributed by atoms with Crippen LogP contribution in [0.5, 0.6) is 0 Å². The number of aryl methyl sites for hydroxylation is 1. The summed E-state index contributed by atoms with van der Waals surface area (Å²) < 4.78 is 5.83. The number of aromatic nitrogens is 2. The molecule has 0 aromatic carbocycles. The first-order valence-corrected chi connectivity index (χ1v) is 7.56. The molecule has 0 amide bonds. The zero-order valence-electron chi connectivity index (χ0n) is 12.0. The van der Waals surface area contributed by atoms with E-state index in [2.05, 4.69) is 29.9 Å². The number of anilines is 1. The fourth-order valence-electron chi connectivity index (χ4n) is 2.05. The second-order valence-corrected chi connectivity index (χ2v) is 5.85. The maximum absolute atomic E-state index is 6.07. The number of fused-ring (bicyclic) bond motifs is 1. The minimum Gasteiger partial charge on any atom is -0.383 e. The molecule has 2 aromatic rings. The van der Waals surface area contributed by atoms with Crippen LogP contribution in [0, 0.1) is 0 Å². The largest absolute Gasteiger partial charge is 0.383 e. The number of ether oxygens (including phenoxy) is 1. The van der Waals surface area contributed by atoms with Crippen LogP contribution in [-0.2, 0) is 16.8 Å². The molecule has 0 bridgehead atoms. The van der Waals surface area contributed by atoms with Gasteiger partial charge in [-0.2, -0.15) is 0 Å². The van der Waals surface area contributed by atoms with Gasteiger partial charge in [-0.1, -0.05) is 13.8 Å². The van der Waals surface area contributed by atoms with Gasteiger partial charge in [0, 0.05) is 11.5 Å². The van der Waals surface area contributed by atoms with Crippen molar-refractivity contribution in [3.05, 3.63) is 16.8 Å². The highest BCUT2D eigenvalue weighted by molar-refractivity contribution is 7.18. The number of rotatable bonds is 5. The van der Waals surface area contributed by atoms with Crippen LogP contribution in [0.25, 0.3) is 10.2 Å². The highest BCUT2D eigenvalue weighted by Gasteiger charge is 2.29. The molecule has 0 aliphatic heterocycles. The lowest BCUT2D eigenvalue weighted by Crippen LogP contribution is -2.28. The highest BCUT2D eigenvalue weighted by Crippen LogP contribution is 2.32. The van der Waals surface area contributed by atoms with Crippen LogP contribution < -0.4 is 5.73 Å². The summed E-state index contributed by atoms with van der Waals surface area (Å²) in [5, 5.41) is 0.959. The fraction of sp³-hybridized carbons (Fsp3) is 0.571. The number of nitrogens with zero attached hydrogens (tertiary/aromatic N) is 2. The SMILES string of the molecule is CCOC(C)(CC)c1nc(N)c2cc(CC)sc2n1. The Balaban J connectivity index is 2.55. The molecule has 0 aliphatic carbocycles. The van der Waals surface area contributed by atoms with Crippen LogP contribution in [0.2, 0.25) is 0 Å². The molecule has 1 unspecified atom stereocenters. The minimum absolute atomic E-state index is 0.465. The van der Waals surface area contributed by atoms with Gasteiger partial charge in [0.25, 0.3) is 0 Å². The molecule has 2 heterocycles. The fourth-order valence-corrected chi connectivity index (χ4v) is 3.02. The van der Waals surface area contributed by atoms with Crippen LogP contribution >= 0.6 is 11.3 Å². The Labute approximate surface area is 118 Å². The van der Waals surface area contributed by atoms with E-state index < -0.39 is 5.60 Å². The molecule has 0 aliphatic rings. The van der Waals surface area contributed by atoms with Crippen LogP contribution in [0.3, 0.4) is 0 Å². The third-order valence-electron chi connectivity index (χ3n) is 3.43. The lowest BCUT2D eigenvalue weighted by Gasteiger charge is -2.26. The number of nitrogen functional groups attached to an aromatic ring is 1. The lowest BCUT2D eigenvalue weighted by atomic mass is 10.0. The molecule has 0 spiro atoms. The molecular formula is C14H21N3OS. The number of nitrogens with two attached hydrogens (primary N) is 1. The van der Waals surface area contributed by atoms with E-state index in [0.29, 0.717) is 18.2 Å². The molecule has 0 saturated carbocycles. The number of thiophene rings is 1. The second-order valence-electron chi connectivity index (χ2n) is 4.73. The van der Waals surface area contributed by atoms with Gasteiger partial charge < -0.3 is 10.5 Å². The number of hydrogen-bond donors (Lipinski definition) is 1. The van der Waals surface area contributed by atoms with E-state index in [1.54, 1.807) is 11.3 Å². The van der Waals surface area contributed by atoms with E-state index in [-0.39, 0.29) is 0 Å². The van der Waals surface area contributed by atoms with E-state index >= 15 is 0 Å². The molecule has 2 aromatic heterocycles. The van der Waals surface area contributed by atoms with E-state index in [1.807, 2.05) is 13.8 Å². The van der Waals surface area contributed by atoms with Gasteiger partial charge in [0.15, 0.2) is 5.82 Å². The Morgan fingerprint density at radius 1 is 1.32 bits per heavy atom. The smallest absolute Gasteiger partial charge is 0.163 e. The van der Waals surface area contributed by atoms with Gasteiger partial charge in [0.1, 0.15) is 16.2 Å². The predicted octanol–water partition coefficient (Wildman–Crippen LogP) is 3.50. The number of hydrogen-bond acceptors (Lipinski definition) is 5. The Hall–Kier alpha value is -1.20. The molecule has 19 heavy (non-hydrogen) atoms. The van der Waals surface area contributed by atoms with Crippen molar-refractivity contribution in [1.82, 2.24) is 9.97 Å². The van der Waals surface area contributed by atoms with Crippen molar-refractivity contribution in [2.24, 2.45) is 0 Å². The molecule has 5 heteroatoms. The summed E-state index contributed by atoms with van der Waals surface area (Å²) in [7, 11) is 0. The summed E-state index contributed by atoms with van der Waals surface area (Å²) >= 11 is 1.68. The van der Waals surface area contributed by atoms with Gasteiger partial charge in [-0.05, 0) is 32.8 Å². The summed E-state index contributed by atoms with van der Waals surface area (Å²) in [6, 6.07) is 2.09. The van der Waals surface area contributed by atoms with E-state index in [4.69, 9.17) is 10.5 Å². The normalized spacial score (nSPS) is 14.7. The summed E-state index contributed by atoms with van der Waals surface area (Å²) in [5.41, 5.74) is 5.61. The van der Waals surface area contributed by atoms with Gasteiger partial charge in [0.05, 0.1) is 5.39 Å². The van der Waals surface area contributed by atoms with Crippen molar-refractivity contribution in [3.63, 3.8) is 0 Å². The third-order valence-corrected chi connectivity index (χ3v) is 4.61. The van der Waals surface area contributed by atoms with Crippen molar-refractivity contribution in [3.8, 4) is 0 Å². The molecule has 2 N–H and O–H groups in total. The average molecular weight is 279 g/mol. The van der Waals surface area contributed by atoms with Crippen molar-refractivity contribution >= 4 is 27.4 Å².